The van der Waals surface area contributed by atoms with Crippen molar-refractivity contribution in [1.29, 1.82) is 0 Å². The molecule has 3 nitrogen and oxygen atoms in total. The van der Waals surface area contributed by atoms with Gasteiger partial charge in [0.15, 0.2) is 0 Å². The van der Waals surface area contributed by atoms with Gasteiger partial charge in [-0.3, -0.25) is 4.90 Å². The molecule has 2 bridgehead atoms. The highest BCUT2D eigenvalue weighted by Crippen LogP contribution is 2.35. The lowest BCUT2D eigenvalue weighted by molar-refractivity contribution is 0.103. The van der Waals surface area contributed by atoms with E-state index >= 15 is 0 Å². The first kappa shape index (κ1) is 14.3. The number of nitrogens with zero attached hydrogens (tertiary/aromatic N) is 2. The van der Waals surface area contributed by atoms with Crippen LogP contribution in [0.5, 0.6) is 0 Å². The number of rotatable bonds is 7. The molecule has 18 heavy (non-hydrogen) atoms. The van der Waals surface area contributed by atoms with E-state index in [-0.39, 0.29) is 0 Å². The maximum Gasteiger partial charge on any atom is 0.0115 e. The maximum atomic E-state index is 3.66. The monoisotopic (exact) mass is 253 g/mol. The molecule has 2 atom stereocenters. The standard InChI is InChI=1S/C15H31N3/c1-4-16-13-11-14-7-8-15(12-13)18(14)10-9-17(5-2)6-3/h13-16H,4-12H2,1-3H3. The molecule has 0 aromatic heterocycles. The Morgan fingerprint density at radius 2 is 1.67 bits per heavy atom. The molecular formula is C15H31N3. The fourth-order valence-electron chi connectivity index (χ4n) is 3.89. The van der Waals surface area contributed by atoms with Crippen LogP contribution in [-0.2, 0) is 0 Å². The van der Waals surface area contributed by atoms with Gasteiger partial charge >= 0.3 is 0 Å². The Hall–Kier alpha value is -0.120. The second kappa shape index (κ2) is 6.88. The van der Waals surface area contributed by atoms with Crippen LogP contribution in [0.3, 0.4) is 0 Å². The van der Waals surface area contributed by atoms with Crippen molar-refractivity contribution in [2.75, 3.05) is 32.7 Å². The van der Waals surface area contributed by atoms with Crippen LogP contribution in [0.4, 0.5) is 0 Å². The van der Waals surface area contributed by atoms with E-state index in [1.165, 1.54) is 51.9 Å². The van der Waals surface area contributed by atoms with Crippen molar-refractivity contribution in [2.24, 2.45) is 0 Å². The lowest BCUT2D eigenvalue weighted by atomic mass is 9.97. The molecule has 2 rings (SSSR count). The minimum absolute atomic E-state index is 0.789. The Morgan fingerprint density at radius 3 is 2.17 bits per heavy atom. The van der Waals surface area contributed by atoms with Gasteiger partial charge in [0.05, 0.1) is 0 Å². The Bertz CT molecular complexity index is 226. The van der Waals surface area contributed by atoms with Crippen LogP contribution in [0.15, 0.2) is 0 Å². The number of piperidine rings is 1. The van der Waals surface area contributed by atoms with E-state index in [9.17, 15) is 0 Å². The van der Waals surface area contributed by atoms with Gasteiger partial charge in [-0.1, -0.05) is 20.8 Å². The van der Waals surface area contributed by atoms with E-state index in [1.807, 2.05) is 0 Å². The van der Waals surface area contributed by atoms with Gasteiger partial charge in [0.1, 0.15) is 0 Å². The molecule has 2 aliphatic rings. The van der Waals surface area contributed by atoms with E-state index in [1.54, 1.807) is 0 Å². The first-order valence-corrected chi connectivity index (χ1v) is 7.99. The Kier molecular flexibility index (Phi) is 5.46. The molecule has 2 unspecified atom stereocenters. The van der Waals surface area contributed by atoms with Crippen molar-refractivity contribution >= 4 is 0 Å². The predicted molar refractivity (Wildman–Crippen MR) is 78.0 cm³/mol. The molecule has 2 fully saturated rings. The van der Waals surface area contributed by atoms with E-state index in [0.717, 1.165) is 24.7 Å². The van der Waals surface area contributed by atoms with Crippen LogP contribution in [0.2, 0.25) is 0 Å². The lowest BCUT2D eigenvalue weighted by Crippen LogP contribution is -2.51. The van der Waals surface area contributed by atoms with Gasteiger partial charge in [-0.15, -0.1) is 0 Å². The number of hydrogen-bond donors (Lipinski definition) is 1. The van der Waals surface area contributed by atoms with Crippen molar-refractivity contribution < 1.29 is 0 Å². The molecule has 0 aromatic carbocycles. The van der Waals surface area contributed by atoms with Gasteiger partial charge < -0.3 is 10.2 Å². The number of fused-ring (bicyclic) bond motifs is 2. The fraction of sp³-hybridized carbons (Fsp3) is 1.00. The smallest absolute Gasteiger partial charge is 0.0115 e. The fourth-order valence-corrected chi connectivity index (χ4v) is 3.89. The molecule has 0 amide bonds. The molecule has 0 aliphatic carbocycles. The average molecular weight is 253 g/mol. The summed E-state index contributed by atoms with van der Waals surface area (Å²) in [6.07, 6.45) is 5.63. The van der Waals surface area contributed by atoms with Crippen LogP contribution in [-0.4, -0.2) is 60.6 Å². The number of likely N-dealkylation sites (N-methyl/N-ethyl adjacent to an activating group) is 1. The summed E-state index contributed by atoms with van der Waals surface area (Å²) in [4.78, 5) is 5.36. The SMILES string of the molecule is CCNC1CC2CCC(C1)N2CCN(CC)CC. The maximum absolute atomic E-state index is 3.66. The molecule has 0 aromatic rings. The zero-order valence-electron chi connectivity index (χ0n) is 12.5. The summed E-state index contributed by atoms with van der Waals surface area (Å²) < 4.78 is 0. The first-order chi connectivity index (χ1) is 8.78. The first-order valence-electron chi connectivity index (χ1n) is 7.99. The molecule has 2 aliphatic heterocycles. The van der Waals surface area contributed by atoms with Crippen LogP contribution in [0.1, 0.15) is 46.5 Å². The van der Waals surface area contributed by atoms with Crippen LogP contribution >= 0.6 is 0 Å². The molecule has 2 heterocycles. The molecule has 2 saturated heterocycles. The van der Waals surface area contributed by atoms with Crippen LogP contribution in [0, 0.1) is 0 Å². The molecule has 0 spiro atoms. The second-order valence-corrected chi connectivity index (χ2v) is 5.88. The third-order valence-electron chi connectivity index (χ3n) is 4.95. The average Bonchev–Trinajstić information content (AvgIpc) is 2.62. The summed E-state index contributed by atoms with van der Waals surface area (Å²) in [6.45, 7) is 12.8. The Labute approximate surface area is 113 Å². The van der Waals surface area contributed by atoms with E-state index < -0.39 is 0 Å². The molecule has 1 N–H and O–H groups in total. The Balaban J connectivity index is 1.81. The zero-order chi connectivity index (χ0) is 13.0. The third-order valence-corrected chi connectivity index (χ3v) is 4.95. The third kappa shape index (κ3) is 3.25. The van der Waals surface area contributed by atoms with Crippen molar-refractivity contribution in [3.63, 3.8) is 0 Å². The van der Waals surface area contributed by atoms with Crippen molar-refractivity contribution in [3.05, 3.63) is 0 Å². The minimum Gasteiger partial charge on any atom is -0.314 e. The van der Waals surface area contributed by atoms with Gasteiger partial charge in [0.2, 0.25) is 0 Å². The summed E-state index contributed by atoms with van der Waals surface area (Å²) in [7, 11) is 0. The highest BCUT2D eigenvalue weighted by atomic mass is 15.3. The zero-order valence-corrected chi connectivity index (χ0v) is 12.5. The minimum atomic E-state index is 0.789. The van der Waals surface area contributed by atoms with Crippen molar-refractivity contribution in [2.45, 2.75) is 64.6 Å². The van der Waals surface area contributed by atoms with Crippen LogP contribution in [0.25, 0.3) is 0 Å². The molecule has 3 heteroatoms. The van der Waals surface area contributed by atoms with Gasteiger partial charge in [0.25, 0.3) is 0 Å². The molecule has 0 saturated carbocycles. The largest absolute Gasteiger partial charge is 0.314 e. The predicted octanol–water partition coefficient (Wildman–Crippen LogP) is 1.93. The number of nitrogens with one attached hydrogen (secondary N) is 1. The summed E-state index contributed by atoms with van der Waals surface area (Å²) in [5.41, 5.74) is 0. The summed E-state index contributed by atoms with van der Waals surface area (Å²) in [6, 6.07) is 2.52. The van der Waals surface area contributed by atoms with Gasteiger partial charge in [0, 0.05) is 31.2 Å². The quantitative estimate of drug-likeness (QED) is 0.748. The molecule has 0 radical (unpaired) electrons. The lowest BCUT2D eigenvalue weighted by Gasteiger charge is -2.40. The normalized spacial score (nSPS) is 32.3. The van der Waals surface area contributed by atoms with E-state index in [0.29, 0.717) is 0 Å². The highest BCUT2D eigenvalue weighted by Gasteiger charge is 2.39. The van der Waals surface area contributed by atoms with Crippen molar-refractivity contribution in [3.8, 4) is 0 Å². The van der Waals surface area contributed by atoms with Gasteiger partial charge in [-0.2, -0.15) is 0 Å². The topological polar surface area (TPSA) is 18.5 Å². The summed E-state index contributed by atoms with van der Waals surface area (Å²) in [5.74, 6) is 0. The van der Waals surface area contributed by atoms with Gasteiger partial charge in [-0.05, 0) is 45.3 Å². The Morgan fingerprint density at radius 1 is 1.06 bits per heavy atom. The highest BCUT2D eigenvalue weighted by molar-refractivity contribution is 4.97. The van der Waals surface area contributed by atoms with E-state index in [2.05, 4.69) is 35.9 Å². The second-order valence-electron chi connectivity index (χ2n) is 5.88. The number of hydrogen-bond acceptors (Lipinski definition) is 3. The summed E-state index contributed by atoms with van der Waals surface area (Å²) >= 11 is 0. The van der Waals surface area contributed by atoms with E-state index in [4.69, 9.17) is 0 Å². The van der Waals surface area contributed by atoms with Crippen LogP contribution < -0.4 is 5.32 Å². The van der Waals surface area contributed by atoms with Crippen molar-refractivity contribution in [1.82, 2.24) is 15.1 Å². The molecular weight excluding hydrogens is 222 g/mol. The molecule has 106 valence electrons. The van der Waals surface area contributed by atoms with Gasteiger partial charge in [-0.25, -0.2) is 0 Å². The summed E-state index contributed by atoms with van der Waals surface area (Å²) in [5, 5.41) is 3.66.